The molecule has 0 fully saturated rings. The molecule has 0 aliphatic carbocycles. The van der Waals surface area contributed by atoms with Crippen LogP contribution in [0.3, 0.4) is 0 Å². The van der Waals surface area contributed by atoms with Gasteiger partial charge in [-0.3, -0.25) is 4.79 Å². The zero-order valence-corrected chi connectivity index (χ0v) is 8.56. The van der Waals surface area contributed by atoms with Crippen LogP contribution in [0.1, 0.15) is 19.8 Å². The maximum Gasteiger partial charge on any atom is 0.320 e. The molecule has 12 heavy (non-hydrogen) atoms. The molecule has 0 radical (unpaired) electrons. The largest absolute Gasteiger partial charge is 0.480 e. The number of carboxylic acids is 1. The third kappa shape index (κ3) is 5.43. The van der Waals surface area contributed by atoms with Gasteiger partial charge in [0.15, 0.2) is 0 Å². The molecule has 0 rings (SSSR count). The van der Waals surface area contributed by atoms with Gasteiger partial charge in [-0.25, -0.2) is 0 Å². The van der Waals surface area contributed by atoms with E-state index in [1.54, 1.807) is 0 Å². The topological polar surface area (TPSA) is 63.3 Å². The second-order valence-electron chi connectivity index (χ2n) is 2.92. The maximum atomic E-state index is 10.3. The Kier molecular flexibility index (Phi) is 6.20. The van der Waals surface area contributed by atoms with Gasteiger partial charge in [0.05, 0.1) is 6.26 Å². The minimum Gasteiger partial charge on any atom is -0.480 e. The van der Waals surface area contributed by atoms with Gasteiger partial charge in [0.25, 0.3) is 0 Å². The van der Waals surface area contributed by atoms with Crippen LogP contribution in [-0.2, 0) is 15.7 Å². The Labute approximate surface area is 76.7 Å². The van der Waals surface area contributed by atoms with Crippen LogP contribution in [0.25, 0.3) is 0 Å². The minimum absolute atomic E-state index is 0.350. The van der Waals surface area contributed by atoms with Crippen LogP contribution in [0.5, 0.6) is 0 Å². The highest BCUT2D eigenvalue weighted by Gasteiger charge is 2.16. The molecule has 0 aliphatic rings. The van der Waals surface area contributed by atoms with Crippen molar-refractivity contribution in [3.05, 3.63) is 0 Å². The van der Waals surface area contributed by atoms with Crippen molar-refractivity contribution in [3.63, 3.8) is 0 Å². The molecule has 72 valence electrons. The van der Waals surface area contributed by atoms with E-state index in [-0.39, 0.29) is 0 Å². The summed E-state index contributed by atoms with van der Waals surface area (Å²) in [4.78, 5) is 10.3. The quantitative estimate of drug-likeness (QED) is 0.600. The Morgan fingerprint density at radius 3 is 2.58 bits per heavy atom. The normalized spacial score (nSPS) is 15.6. The molecule has 0 saturated heterocycles. The zero-order chi connectivity index (χ0) is 9.56. The second-order valence-corrected chi connectivity index (χ2v) is 5.30. The molecule has 0 amide bonds. The van der Waals surface area contributed by atoms with Gasteiger partial charge in [-0.15, -0.1) is 0 Å². The molecule has 0 aliphatic heterocycles. The Hall–Kier alpha value is -0.220. The number of carbonyl (C=O) groups is 1. The number of rotatable bonds is 6. The molecule has 0 bridgehead atoms. The number of nitrogens with two attached hydrogens (primary N) is 1. The summed E-state index contributed by atoms with van der Waals surface area (Å²) >= 11 is 0. The van der Waals surface area contributed by atoms with Gasteiger partial charge >= 0.3 is 5.97 Å². The fourth-order valence-corrected chi connectivity index (χ4v) is 2.46. The van der Waals surface area contributed by atoms with Crippen LogP contribution in [0.2, 0.25) is 0 Å². The molecular formula is C8H18NO2S+. The van der Waals surface area contributed by atoms with Crippen molar-refractivity contribution < 1.29 is 9.90 Å². The molecule has 0 spiro atoms. The van der Waals surface area contributed by atoms with Gasteiger partial charge in [-0.05, 0) is 17.3 Å². The van der Waals surface area contributed by atoms with E-state index in [1.165, 1.54) is 12.2 Å². The van der Waals surface area contributed by atoms with E-state index in [0.717, 1.165) is 5.75 Å². The van der Waals surface area contributed by atoms with Crippen molar-refractivity contribution in [2.24, 2.45) is 5.73 Å². The average Bonchev–Trinajstić information content (AvgIpc) is 2.00. The maximum absolute atomic E-state index is 10.3. The van der Waals surface area contributed by atoms with Crippen molar-refractivity contribution in [2.45, 2.75) is 25.8 Å². The van der Waals surface area contributed by atoms with Crippen molar-refractivity contribution in [3.8, 4) is 0 Å². The van der Waals surface area contributed by atoms with Gasteiger partial charge in [-0.2, -0.15) is 0 Å². The van der Waals surface area contributed by atoms with Gasteiger partial charge < -0.3 is 10.8 Å². The van der Waals surface area contributed by atoms with E-state index in [9.17, 15) is 4.79 Å². The molecule has 0 aromatic heterocycles. The summed E-state index contributed by atoms with van der Waals surface area (Å²) in [6.07, 6.45) is 3.94. The van der Waals surface area contributed by atoms with E-state index < -0.39 is 12.0 Å². The van der Waals surface area contributed by atoms with E-state index in [2.05, 4.69) is 13.2 Å². The number of aliphatic carboxylic acids is 1. The highest BCUT2D eigenvalue weighted by molar-refractivity contribution is 7.96. The summed E-state index contributed by atoms with van der Waals surface area (Å²) in [6.45, 7) is 2.14. The molecule has 2 atom stereocenters. The summed E-state index contributed by atoms with van der Waals surface area (Å²) in [5.74, 6) is 1.25. The lowest BCUT2D eigenvalue weighted by atomic mass is 10.2. The fraction of sp³-hybridized carbons (Fsp3) is 0.875. The first kappa shape index (κ1) is 11.8. The third-order valence-corrected chi connectivity index (χ3v) is 3.68. The fourth-order valence-electron chi connectivity index (χ4n) is 0.902. The predicted molar refractivity (Wildman–Crippen MR) is 53.5 cm³/mol. The molecule has 4 heteroatoms. The van der Waals surface area contributed by atoms with Gasteiger partial charge in [0.1, 0.15) is 17.5 Å². The minimum atomic E-state index is -0.886. The standard InChI is InChI=1S/C8H17NO2S/c1-3-5-12(2)6-4-7(9)8(10)11/h7H,3-6,9H2,1-2H3/p+1/t7-,12?/m0/s1. The Balaban J connectivity index is 3.46. The van der Waals surface area contributed by atoms with Crippen LogP contribution in [0, 0.1) is 0 Å². The SMILES string of the molecule is CCC[S+](C)CC[C@H](N)C(=O)O. The molecule has 1 unspecified atom stereocenters. The molecule has 0 saturated carbocycles. The predicted octanol–water partition coefficient (Wildman–Crippen LogP) is 0.446. The molecule has 0 heterocycles. The summed E-state index contributed by atoms with van der Waals surface area (Å²) < 4.78 is 0. The number of hydrogen-bond donors (Lipinski definition) is 2. The third-order valence-electron chi connectivity index (χ3n) is 1.65. The molecule has 3 nitrogen and oxygen atoms in total. The first-order valence-electron chi connectivity index (χ1n) is 4.15. The van der Waals surface area contributed by atoms with Crippen LogP contribution in [0.15, 0.2) is 0 Å². The van der Waals surface area contributed by atoms with Gasteiger partial charge in [0, 0.05) is 6.42 Å². The molecule has 3 N–H and O–H groups in total. The average molecular weight is 192 g/mol. The Morgan fingerprint density at radius 2 is 2.17 bits per heavy atom. The first-order valence-corrected chi connectivity index (χ1v) is 6.12. The van der Waals surface area contributed by atoms with Crippen LogP contribution in [-0.4, -0.2) is 34.9 Å². The second kappa shape index (κ2) is 6.31. The monoisotopic (exact) mass is 192 g/mol. The number of hydrogen-bond acceptors (Lipinski definition) is 2. The van der Waals surface area contributed by atoms with Gasteiger partial charge in [0.2, 0.25) is 0 Å². The lowest BCUT2D eigenvalue weighted by Crippen LogP contribution is -2.32. The summed E-state index contributed by atoms with van der Waals surface area (Å²) in [6, 6.07) is -0.670. The first-order chi connectivity index (χ1) is 5.57. The van der Waals surface area contributed by atoms with Crippen LogP contribution >= 0.6 is 0 Å². The highest BCUT2D eigenvalue weighted by atomic mass is 32.2. The molecule has 0 aromatic carbocycles. The lowest BCUT2D eigenvalue weighted by Gasteiger charge is -2.05. The van der Waals surface area contributed by atoms with Crippen molar-refractivity contribution in [1.29, 1.82) is 0 Å². The summed E-state index contributed by atoms with van der Waals surface area (Å²) in [5, 5.41) is 8.50. The van der Waals surface area contributed by atoms with Crippen molar-refractivity contribution in [2.75, 3.05) is 17.8 Å². The summed E-state index contributed by atoms with van der Waals surface area (Å²) in [7, 11) is 0.350. The number of carboxylic acid groups (broad SMARTS) is 1. The van der Waals surface area contributed by atoms with Crippen LogP contribution < -0.4 is 5.73 Å². The molecular weight excluding hydrogens is 174 g/mol. The molecule has 0 aromatic rings. The van der Waals surface area contributed by atoms with Crippen molar-refractivity contribution >= 4 is 16.9 Å². The van der Waals surface area contributed by atoms with Crippen LogP contribution in [0.4, 0.5) is 0 Å². The summed E-state index contributed by atoms with van der Waals surface area (Å²) in [5.41, 5.74) is 5.37. The Morgan fingerprint density at radius 1 is 1.58 bits per heavy atom. The Bertz CT molecular complexity index is 141. The van der Waals surface area contributed by atoms with E-state index >= 15 is 0 Å². The smallest absolute Gasteiger partial charge is 0.320 e. The van der Waals surface area contributed by atoms with E-state index in [1.807, 2.05) is 0 Å². The van der Waals surface area contributed by atoms with Gasteiger partial charge in [-0.1, -0.05) is 6.92 Å². The van der Waals surface area contributed by atoms with E-state index in [0.29, 0.717) is 17.3 Å². The van der Waals surface area contributed by atoms with E-state index in [4.69, 9.17) is 10.8 Å². The van der Waals surface area contributed by atoms with Crippen molar-refractivity contribution in [1.82, 2.24) is 0 Å². The zero-order valence-electron chi connectivity index (χ0n) is 7.75. The highest BCUT2D eigenvalue weighted by Crippen LogP contribution is 1.99. The lowest BCUT2D eigenvalue weighted by molar-refractivity contribution is -0.138.